The summed E-state index contributed by atoms with van der Waals surface area (Å²) in [4.78, 5) is 26.0. The number of amides is 2. The lowest BCUT2D eigenvalue weighted by molar-refractivity contribution is -0.131. The van der Waals surface area contributed by atoms with E-state index in [-0.39, 0.29) is 17.2 Å². The lowest BCUT2D eigenvalue weighted by atomic mass is 9.77. The van der Waals surface area contributed by atoms with Gasteiger partial charge in [-0.1, -0.05) is 6.08 Å². The molecule has 3 rings (SSSR count). The molecule has 1 aromatic carbocycles. The Kier molecular flexibility index (Phi) is 4.11. The van der Waals surface area contributed by atoms with Crippen LogP contribution in [0.5, 0.6) is 5.75 Å². The third-order valence-corrected chi connectivity index (χ3v) is 5.00. The highest BCUT2D eigenvalue weighted by Crippen LogP contribution is 2.46. The summed E-state index contributed by atoms with van der Waals surface area (Å²) in [6, 6.07) is 7.07. The van der Waals surface area contributed by atoms with E-state index in [1.165, 1.54) is 0 Å². The molecule has 1 atom stereocenters. The van der Waals surface area contributed by atoms with Gasteiger partial charge >= 0.3 is 0 Å². The smallest absolute Gasteiger partial charge is 0.251 e. The highest BCUT2D eigenvalue weighted by atomic mass is 16.5. The first-order chi connectivity index (χ1) is 11.1. The normalized spacial score (nSPS) is 23.3. The molecule has 1 saturated heterocycles. The molecule has 5 nitrogen and oxygen atoms in total. The van der Waals surface area contributed by atoms with E-state index in [2.05, 4.69) is 11.4 Å². The van der Waals surface area contributed by atoms with E-state index >= 15 is 0 Å². The number of carbonyl (C=O) groups excluding carboxylic acids is 2. The number of hydrogen-bond donors (Lipinski definition) is 1. The zero-order chi connectivity index (χ0) is 16.4. The number of fused-ring (bicyclic) bond motifs is 1. The number of methoxy groups -OCH3 is 1. The Hall–Kier alpha value is -2.30. The molecule has 2 amide bonds. The van der Waals surface area contributed by atoms with Gasteiger partial charge in [0.05, 0.1) is 7.11 Å². The van der Waals surface area contributed by atoms with Gasteiger partial charge < -0.3 is 15.0 Å². The number of rotatable bonds is 4. The van der Waals surface area contributed by atoms with Gasteiger partial charge in [-0.2, -0.15) is 0 Å². The Morgan fingerprint density at radius 2 is 2.04 bits per heavy atom. The van der Waals surface area contributed by atoms with E-state index in [0.29, 0.717) is 18.5 Å². The molecule has 0 bridgehead atoms. The predicted octanol–water partition coefficient (Wildman–Crippen LogP) is 2.34. The van der Waals surface area contributed by atoms with Crippen LogP contribution in [0.3, 0.4) is 0 Å². The number of allylic oxidation sites excluding steroid dienone is 1. The van der Waals surface area contributed by atoms with Crippen molar-refractivity contribution in [3.05, 3.63) is 41.6 Å². The van der Waals surface area contributed by atoms with Crippen molar-refractivity contribution in [3.63, 3.8) is 0 Å². The molecular weight excluding hydrogens is 292 g/mol. The zero-order valence-corrected chi connectivity index (χ0v) is 13.6. The molecule has 1 aromatic rings. The Balaban J connectivity index is 1.68. The summed E-state index contributed by atoms with van der Waals surface area (Å²) < 4.78 is 5.11. The van der Waals surface area contributed by atoms with Crippen molar-refractivity contribution in [3.8, 4) is 5.75 Å². The molecule has 0 aromatic heterocycles. The average Bonchev–Trinajstić information content (AvgIpc) is 3.01. The molecule has 1 aliphatic carbocycles. The minimum absolute atomic E-state index is 0.0900. The van der Waals surface area contributed by atoms with Crippen LogP contribution in [0.15, 0.2) is 36.0 Å². The molecule has 5 heteroatoms. The monoisotopic (exact) mass is 314 g/mol. The number of likely N-dealkylation sites (tertiary alicyclic amines) is 1. The Morgan fingerprint density at radius 3 is 2.74 bits per heavy atom. The summed E-state index contributed by atoms with van der Waals surface area (Å²) in [5, 5.41) is 3.05. The van der Waals surface area contributed by atoms with Gasteiger partial charge in [0.2, 0.25) is 5.91 Å². The van der Waals surface area contributed by atoms with E-state index in [0.717, 1.165) is 30.7 Å². The second kappa shape index (κ2) is 6.07. The van der Waals surface area contributed by atoms with Gasteiger partial charge in [-0.3, -0.25) is 9.59 Å². The van der Waals surface area contributed by atoms with Crippen molar-refractivity contribution in [2.24, 2.45) is 5.41 Å². The minimum Gasteiger partial charge on any atom is -0.497 e. The highest BCUT2D eigenvalue weighted by molar-refractivity contribution is 5.94. The molecule has 1 aliphatic heterocycles. The number of nitrogens with zero attached hydrogens (tertiary/aromatic N) is 1. The molecule has 1 N–H and O–H groups in total. The van der Waals surface area contributed by atoms with E-state index in [4.69, 9.17) is 4.74 Å². The summed E-state index contributed by atoms with van der Waals surface area (Å²) in [6.45, 7) is 0.571. The molecule has 1 heterocycles. The van der Waals surface area contributed by atoms with Gasteiger partial charge in [-0.15, -0.1) is 0 Å². The molecule has 1 unspecified atom stereocenters. The standard InChI is InChI=1S/C18H22N2O3/c1-20-15-4-3-10-18(15,11-9-16(20)21)12-19-17(22)13-5-7-14(23-2)8-6-13/h4-8H,3,9-12H2,1-2H3,(H,19,22). The number of carbonyl (C=O) groups is 2. The van der Waals surface area contributed by atoms with Gasteiger partial charge in [0.25, 0.3) is 5.91 Å². The van der Waals surface area contributed by atoms with Crippen LogP contribution in [0, 0.1) is 5.41 Å². The van der Waals surface area contributed by atoms with Crippen LogP contribution in [-0.4, -0.2) is 37.4 Å². The second-order valence-electron chi connectivity index (χ2n) is 6.27. The van der Waals surface area contributed by atoms with Crippen molar-refractivity contribution >= 4 is 11.8 Å². The molecule has 2 aliphatic rings. The van der Waals surface area contributed by atoms with Crippen LogP contribution in [0.2, 0.25) is 0 Å². The number of benzene rings is 1. The third-order valence-electron chi connectivity index (χ3n) is 5.00. The fraction of sp³-hybridized carbons (Fsp3) is 0.444. The van der Waals surface area contributed by atoms with Crippen molar-refractivity contribution in [1.82, 2.24) is 10.2 Å². The summed E-state index contributed by atoms with van der Waals surface area (Å²) in [7, 11) is 3.43. The topological polar surface area (TPSA) is 58.6 Å². The largest absolute Gasteiger partial charge is 0.497 e. The SMILES string of the molecule is COc1ccc(C(=O)NCC23CCC=C2N(C)C(=O)CC3)cc1. The summed E-state index contributed by atoms with van der Waals surface area (Å²) >= 11 is 0. The Bertz CT molecular complexity index is 651. The molecule has 0 spiro atoms. The van der Waals surface area contributed by atoms with Crippen LogP contribution in [0.4, 0.5) is 0 Å². The summed E-state index contributed by atoms with van der Waals surface area (Å²) in [5.74, 6) is 0.802. The van der Waals surface area contributed by atoms with Gasteiger partial charge in [-0.05, 0) is 43.5 Å². The zero-order valence-electron chi connectivity index (χ0n) is 13.6. The first-order valence-electron chi connectivity index (χ1n) is 7.95. The van der Waals surface area contributed by atoms with Crippen molar-refractivity contribution < 1.29 is 14.3 Å². The second-order valence-corrected chi connectivity index (χ2v) is 6.27. The van der Waals surface area contributed by atoms with Gasteiger partial charge in [-0.25, -0.2) is 0 Å². The van der Waals surface area contributed by atoms with E-state index in [9.17, 15) is 9.59 Å². The molecule has 23 heavy (non-hydrogen) atoms. The molecule has 122 valence electrons. The van der Waals surface area contributed by atoms with Gasteiger partial charge in [0, 0.05) is 36.7 Å². The maximum atomic E-state index is 12.4. The fourth-order valence-electron chi connectivity index (χ4n) is 3.59. The number of nitrogens with one attached hydrogen (secondary N) is 1. The van der Waals surface area contributed by atoms with Gasteiger partial charge in [0.15, 0.2) is 0 Å². The van der Waals surface area contributed by atoms with Crippen molar-refractivity contribution in [2.75, 3.05) is 20.7 Å². The van der Waals surface area contributed by atoms with Crippen LogP contribution < -0.4 is 10.1 Å². The molecule has 0 saturated carbocycles. The number of piperidine rings is 1. The first-order valence-corrected chi connectivity index (χ1v) is 7.95. The lowest BCUT2D eigenvalue weighted by Gasteiger charge is -2.41. The molecule has 1 fully saturated rings. The van der Waals surface area contributed by atoms with Crippen LogP contribution in [0.25, 0.3) is 0 Å². The highest BCUT2D eigenvalue weighted by Gasteiger charge is 2.44. The van der Waals surface area contributed by atoms with Crippen molar-refractivity contribution in [1.29, 1.82) is 0 Å². The van der Waals surface area contributed by atoms with Gasteiger partial charge in [0.1, 0.15) is 5.75 Å². The van der Waals surface area contributed by atoms with Crippen molar-refractivity contribution in [2.45, 2.75) is 25.7 Å². The molecular formula is C18H22N2O3. The summed E-state index contributed by atoms with van der Waals surface area (Å²) in [6.07, 6.45) is 5.45. The maximum absolute atomic E-state index is 12.4. The first kappa shape index (κ1) is 15.6. The quantitative estimate of drug-likeness (QED) is 0.928. The van der Waals surface area contributed by atoms with Crippen LogP contribution >= 0.6 is 0 Å². The summed E-state index contributed by atoms with van der Waals surface area (Å²) in [5.41, 5.74) is 1.60. The molecule has 0 radical (unpaired) electrons. The lowest BCUT2D eigenvalue weighted by Crippen LogP contribution is -2.46. The average molecular weight is 314 g/mol. The Morgan fingerprint density at radius 1 is 1.30 bits per heavy atom. The van der Waals surface area contributed by atoms with Crippen LogP contribution in [0.1, 0.15) is 36.0 Å². The minimum atomic E-state index is -0.0925. The van der Waals surface area contributed by atoms with E-state index in [1.807, 2.05) is 7.05 Å². The maximum Gasteiger partial charge on any atom is 0.251 e. The Labute approximate surface area is 136 Å². The predicted molar refractivity (Wildman–Crippen MR) is 87.1 cm³/mol. The fourth-order valence-corrected chi connectivity index (χ4v) is 3.59. The number of ether oxygens (including phenoxy) is 1. The third kappa shape index (κ3) is 2.83. The number of hydrogen-bond acceptors (Lipinski definition) is 3. The van der Waals surface area contributed by atoms with E-state index in [1.54, 1.807) is 36.3 Å². The van der Waals surface area contributed by atoms with E-state index < -0.39 is 0 Å². The van der Waals surface area contributed by atoms with Crippen LogP contribution in [-0.2, 0) is 4.79 Å².